The van der Waals surface area contributed by atoms with Crippen molar-refractivity contribution < 1.29 is 18.0 Å². The van der Waals surface area contributed by atoms with Gasteiger partial charge in [0.25, 0.3) is 11.8 Å². The smallest absolute Gasteiger partial charge is 0.388 e. The second-order valence-electron chi connectivity index (χ2n) is 7.71. The van der Waals surface area contributed by atoms with Gasteiger partial charge < -0.3 is 9.73 Å². The molecule has 8 nitrogen and oxygen atoms in total. The molecule has 1 N–H and O–H groups in total. The number of anilines is 1. The lowest BCUT2D eigenvalue weighted by molar-refractivity contribution is 0.101. The van der Waals surface area contributed by atoms with Gasteiger partial charge >= 0.3 is 5.76 Å². The first-order valence-electron chi connectivity index (χ1n) is 10.2. The molecule has 0 aliphatic heterocycles. The summed E-state index contributed by atoms with van der Waals surface area (Å²) in [6, 6.07) is 8.29. The van der Waals surface area contributed by atoms with Crippen LogP contribution in [0.1, 0.15) is 34.8 Å². The SMILES string of the molecule is Cn1nc(-c2cnc(C3CC3)c(-c3ccc(NC(=O)c4c(F)cccc4F)cn3)c2)oc1=O. The number of carbonyl (C=O) groups excluding carboxylic acids is 1. The summed E-state index contributed by atoms with van der Waals surface area (Å²) in [5.74, 6) is -2.93. The number of aryl methyl sites for hydroxylation is 1. The van der Waals surface area contributed by atoms with Crippen molar-refractivity contribution in [2.75, 3.05) is 5.32 Å². The van der Waals surface area contributed by atoms with Gasteiger partial charge in [-0.05, 0) is 43.2 Å². The molecule has 3 heterocycles. The molecular weight excluding hydrogens is 432 g/mol. The summed E-state index contributed by atoms with van der Waals surface area (Å²) in [6.07, 6.45) is 5.04. The molecule has 0 unspecified atom stereocenters. The third kappa shape index (κ3) is 4.02. The van der Waals surface area contributed by atoms with Gasteiger partial charge in [-0.1, -0.05) is 6.07 Å². The summed E-state index contributed by atoms with van der Waals surface area (Å²) < 4.78 is 34.0. The zero-order valence-electron chi connectivity index (χ0n) is 17.4. The van der Waals surface area contributed by atoms with Crippen molar-refractivity contribution in [3.8, 4) is 22.7 Å². The molecule has 1 saturated carbocycles. The van der Waals surface area contributed by atoms with E-state index >= 15 is 0 Å². The van der Waals surface area contributed by atoms with Crippen molar-refractivity contribution in [1.82, 2.24) is 19.7 Å². The third-order valence-corrected chi connectivity index (χ3v) is 5.31. The fraction of sp³-hybridized carbons (Fsp3) is 0.174. The zero-order chi connectivity index (χ0) is 23.1. The standard InChI is InChI=1S/C23H17F2N5O3/c1-30-23(32)33-22(29-30)13-9-15(20(27-10-13)12-5-6-12)18-8-7-14(11-26-18)28-21(31)19-16(24)3-2-4-17(19)25/h2-4,7-12H,5-6H2,1H3,(H,28,31). The van der Waals surface area contributed by atoms with Gasteiger partial charge in [0.1, 0.15) is 17.2 Å². The van der Waals surface area contributed by atoms with Crippen molar-refractivity contribution in [2.45, 2.75) is 18.8 Å². The first-order chi connectivity index (χ1) is 15.9. The number of carbonyl (C=O) groups is 1. The molecular formula is C23H17F2N5O3. The average molecular weight is 449 g/mol. The molecule has 0 radical (unpaired) electrons. The van der Waals surface area contributed by atoms with Crippen LogP contribution < -0.4 is 11.1 Å². The van der Waals surface area contributed by atoms with Crippen LogP contribution in [0, 0.1) is 11.6 Å². The Bertz CT molecular complexity index is 1400. The van der Waals surface area contributed by atoms with E-state index in [1.807, 2.05) is 0 Å². The minimum absolute atomic E-state index is 0.148. The Labute approximate surface area is 185 Å². The van der Waals surface area contributed by atoms with Gasteiger partial charge in [-0.3, -0.25) is 14.8 Å². The number of nitrogens with zero attached hydrogens (tertiary/aromatic N) is 4. The highest BCUT2D eigenvalue weighted by Gasteiger charge is 2.29. The highest BCUT2D eigenvalue weighted by molar-refractivity contribution is 6.04. The Morgan fingerprint density at radius 2 is 1.88 bits per heavy atom. The number of benzene rings is 1. The number of pyridine rings is 2. The zero-order valence-corrected chi connectivity index (χ0v) is 17.4. The van der Waals surface area contributed by atoms with Crippen LogP contribution in [0.2, 0.25) is 0 Å². The Balaban J connectivity index is 1.45. The average Bonchev–Trinajstić information content (AvgIpc) is 3.58. The lowest BCUT2D eigenvalue weighted by Gasteiger charge is -2.10. The van der Waals surface area contributed by atoms with Gasteiger partial charge in [0.15, 0.2) is 0 Å². The second-order valence-corrected chi connectivity index (χ2v) is 7.71. The summed E-state index contributed by atoms with van der Waals surface area (Å²) in [6.45, 7) is 0. The molecule has 0 bridgehead atoms. The van der Waals surface area contributed by atoms with E-state index in [0.717, 1.165) is 40.9 Å². The number of hydrogen-bond donors (Lipinski definition) is 1. The van der Waals surface area contributed by atoms with Crippen LogP contribution in [0.15, 0.2) is 58.0 Å². The van der Waals surface area contributed by atoms with Gasteiger partial charge in [-0.25, -0.2) is 13.6 Å². The maximum Gasteiger partial charge on any atom is 0.437 e. The summed E-state index contributed by atoms with van der Waals surface area (Å²) in [4.78, 5) is 32.9. The number of halogens is 2. The normalized spacial score (nSPS) is 13.2. The molecule has 1 fully saturated rings. The van der Waals surface area contributed by atoms with Gasteiger partial charge in [-0.15, -0.1) is 5.10 Å². The Morgan fingerprint density at radius 1 is 1.12 bits per heavy atom. The van der Waals surface area contributed by atoms with Crippen molar-refractivity contribution >= 4 is 11.6 Å². The number of rotatable bonds is 5. The Morgan fingerprint density at radius 3 is 2.48 bits per heavy atom. The van der Waals surface area contributed by atoms with E-state index in [1.165, 1.54) is 19.3 Å². The molecule has 5 rings (SSSR count). The molecule has 0 atom stereocenters. The van der Waals surface area contributed by atoms with E-state index < -0.39 is 28.9 Å². The van der Waals surface area contributed by atoms with Crippen LogP contribution in [-0.2, 0) is 7.05 Å². The number of aromatic nitrogens is 4. The van der Waals surface area contributed by atoms with E-state index in [4.69, 9.17) is 4.42 Å². The van der Waals surface area contributed by atoms with E-state index in [1.54, 1.807) is 24.4 Å². The molecule has 1 amide bonds. The topological polar surface area (TPSA) is 103 Å². The minimum atomic E-state index is -0.949. The van der Waals surface area contributed by atoms with Crippen molar-refractivity contribution in [3.05, 3.63) is 82.2 Å². The Kier molecular flexibility index (Phi) is 5.04. The molecule has 166 valence electrons. The summed E-state index contributed by atoms with van der Waals surface area (Å²) >= 11 is 0. The summed E-state index contributed by atoms with van der Waals surface area (Å²) in [5.41, 5.74) is 2.35. The summed E-state index contributed by atoms with van der Waals surface area (Å²) in [7, 11) is 1.49. The molecule has 1 aliphatic rings. The largest absolute Gasteiger partial charge is 0.437 e. The first-order valence-corrected chi connectivity index (χ1v) is 10.2. The minimum Gasteiger partial charge on any atom is -0.388 e. The maximum absolute atomic E-state index is 13.9. The molecule has 33 heavy (non-hydrogen) atoms. The third-order valence-electron chi connectivity index (χ3n) is 5.31. The van der Waals surface area contributed by atoms with E-state index in [9.17, 15) is 18.4 Å². The van der Waals surface area contributed by atoms with Gasteiger partial charge in [0.05, 0.1) is 28.8 Å². The lowest BCUT2D eigenvalue weighted by atomic mass is 10.0. The van der Waals surface area contributed by atoms with Crippen LogP contribution >= 0.6 is 0 Å². The van der Waals surface area contributed by atoms with E-state index in [-0.39, 0.29) is 11.6 Å². The highest BCUT2D eigenvalue weighted by Crippen LogP contribution is 2.43. The quantitative estimate of drug-likeness (QED) is 0.496. The van der Waals surface area contributed by atoms with Gasteiger partial charge in [0, 0.05) is 24.7 Å². The van der Waals surface area contributed by atoms with Crippen molar-refractivity contribution in [3.63, 3.8) is 0 Å². The lowest BCUT2D eigenvalue weighted by Crippen LogP contribution is -2.16. The van der Waals surface area contributed by atoms with Crippen LogP contribution in [-0.4, -0.2) is 25.7 Å². The fourth-order valence-electron chi connectivity index (χ4n) is 3.48. The first kappa shape index (κ1) is 20.7. The van der Waals surface area contributed by atoms with E-state index in [2.05, 4.69) is 20.4 Å². The highest BCUT2D eigenvalue weighted by atomic mass is 19.1. The van der Waals surface area contributed by atoms with Crippen molar-refractivity contribution in [1.29, 1.82) is 0 Å². The Hall–Kier alpha value is -4.21. The fourth-order valence-corrected chi connectivity index (χ4v) is 3.48. The van der Waals surface area contributed by atoms with Crippen LogP contribution in [0.4, 0.5) is 14.5 Å². The molecule has 0 saturated heterocycles. The summed E-state index contributed by atoms with van der Waals surface area (Å²) in [5, 5.41) is 6.52. The van der Waals surface area contributed by atoms with E-state index in [0.29, 0.717) is 17.2 Å². The maximum atomic E-state index is 13.9. The second kappa shape index (κ2) is 8.05. The van der Waals surface area contributed by atoms with Gasteiger partial charge in [-0.2, -0.15) is 4.68 Å². The monoisotopic (exact) mass is 449 g/mol. The van der Waals surface area contributed by atoms with Crippen LogP contribution in [0.3, 0.4) is 0 Å². The molecule has 0 spiro atoms. The molecule has 1 aliphatic carbocycles. The molecule has 4 aromatic rings. The van der Waals surface area contributed by atoms with Crippen LogP contribution in [0.25, 0.3) is 22.7 Å². The molecule has 10 heteroatoms. The van der Waals surface area contributed by atoms with Gasteiger partial charge in [0.2, 0.25) is 0 Å². The molecule has 3 aromatic heterocycles. The molecule has 1 aromatic carbocycles. The number of nitrogens with one attached hydrogen (secondary N) is 1. The number of amides is 1. The predicted molar refractivity (Wildman–Crippen MR) is 114 cm³/mol. The number of hydrogen-bond acceptors (Lipinski definition) is 6. The van der Waals surface area contributed by atoms with Crippen LogP contribution in [0.5, 0.6) is 0 Å². The predicted octanol–water partition coefficient (Wildman–Crippen LogP) is 3.91. The van der Waals surface area contributed by atoms with Crippen molar-refractivity contribution in [2.24, 2.45) is 7.05 Å².